The first-order valence-electron chi connectivity index (χ1n) is 9.53. The van der Waals surface area contributed by atoms with Crippen LogP contribution in [-0.2, 0) is 36.7 Å². The summed E-state index contributed by atoms with van der Waals surface area (Å²) in [6, 6.07) is 0. The van der Waals surface area contributed by atoms with E-state index in [-0.39, 0.29) is 31.1 Å². The smallest absolute Gasteiger partial charge is 0.355 e. The van der Waals surface area contributed by atoms with E-state index in [4.69, 9.17) is 9.47 Å². The molecule has 0 spiro atoms. The maximum Gasteiger partial charge on any atom is 0.355 e. The second-order valence-corrected chi connectivity index (χ2v) is 8.10. The zero-order valence-corrected chi connectivity index (χ0v) is 17.1. The number of fused-ring (bicyclic) bond motifs is 1. The summed E-state index contributed by atoms with van der Waals surface area (Å²) < 4.78 is 10.1. The monoisotopic (exact) mass is 421 g/mol. The number of hydrogen-bond donors (Lipinski definition) is 2. The van der Waals surface area contributed by atoms with Crippen LogP contribution in [0, 0.1) is 5.92 Å². The van der Waals surface area contributed by atoms with Crippen molar-refractivity contribution < 1.29 is 28.7 Å². The van der Waals surface area contributed by atoms with Crippen LogP contribution < -0.4 is 10.7 Å². The molecule has 0 fully saturated rings. The predicted octanol–water partition coefficient (Wildman–Crippen LogP) is 1.80. The van der Waals surface area contributed by atoms with Gasteiger partial charge in [0, 0.05) is 17.7 Å². The third kappa shape index (κ3) is 5.00. The topological polar surface area (TPSA) is 123 Å². The van der Waals surface area contributed by atoms with Gasteiger partial charge in [0.15, 0.2) is 6.61 Å². The Morgan fingerprint density at radius 1 is 1.21 bits per heavy atom. The number of hydrogen-bond acceptors (Lipinski definition) is 8. The van der Waals surface area contributed by atoms with Crippen molar-refractivity contribution in [2.24, 2.45) is 11.0 Å². The van der Waals surface area contributed by atoms with E-state index in [1.165, 1.54) is 11.3 Å². The minimum atomic E-state index is -0.759. The van der Waals surface area contributed by atoms with Crippen molar-refractivity contribution in [3.8, 4) is 0 Å². The Bertz CT molecular complexity index is 876. The van der Waals surface area contributed by atoms with Gasteiger partial charge in [0.25, 0.3) is 5.91 Å². The highest BCUT2D eigenvalue weighted by atomic mass is 32.1. The summed E-state index contributed by atoms with van der Waals surface area (Å²) in [6.07, 6.45) is 2.89. The van der Waals surface area contributed by atoms with Crippen molar-refractivity contribution in [3.63, 3.8) is 0 Å². The van der Waals surface area contributed by atoms with Crippen molar-refractivity contribution in [1.29, 1.82) is 0 Å². The molecular formula is C19H23N3O6S. The van der Waals surface area contributed by atoms with Crippen LogP contribution >= 0.6 is 11.3 Å². The molecule has 1 aromatic heterocycles. The lowest BCUT2D eigenvalue weighted by atomic mass is 9.88. The lowest BCUT2D eigenvalue weighted by Gasteiger charge is -2.18. The van der Waals surface area contributed by atoms with E-state index >= 15 is 0 Å². The molecule has 1 atom stereocenters. The molecule has 29 heavy (non-hydrogen) atoms. The molecular weight excluding hydrogens is 398 g/mol. The van der Waals surface area contributed by atoms with Crippen LogP contribution in [-0.4, -0.2) is 42.7 Å². The molecule has 156 valence electrons. The van der Waals surface area contributed by atoms with Gasteiger partial charge in [-0.2, -0.15) is 5.10 Å². The lowest BCUT2D eigenvalue weighted by Crippen LogP contribution is -2.32. The number of thiophene rings is 1. The first-order chi connectivity index (χ1) is 13.9. The zero-order valence-electron chi connectivity index (χ0n) is 16.3. The summed E-state index contributed by atoms with van der Waals surface area (Å²) >= 11 is 1.37. The summed E-state index contributed by atoms with van der Waals surface area (Å²) in [5.74, 6) is -1.54. The molecule has 1 aliphatic heterocycles. The highest BCUT2D eigenvalue weighted by molar-refractivity contribution is 7.17. The minimum absolute atomic E-state index is 0.0604. The molecule has 0 saturated carbocycles. The molecule has 9 nitrogen and oxygen atoms in total. The molecule has 0 radical (unpaired) electrons. The highest BCUT2D eigenvalue weighted by Gasteiger charge is 2.29. The number of carbonyl (C=O) groups excluding carboxylic acids is 4. The van der Waals surface area contributed by atoms with Crippen LogP contribution in [0.25, 0.3) is 0 Å². The molecule has 3 rings (SSSR count). The van der Waals surface area contributed by atoms with Crippen LogP contribution in [0.3, 0.4) is 0 Å². The molecule has 0 saturated heterocycles. The number of hydrazone groups is 1. The summed E-state index contributed by atoms with van der Waals surface area (Å²) in [7, 11) is 0. The van der Waals surface area contributed by atoms with Crippen molar-refractivity contribution in [2.75, 3.05) is 18.5 Å². The fourth-order valence-electron chi connectivity index (χ4n) is 3.26. The van der Waals surface area contributed by atoms with Crippen molar-refractivity contribution in [3.05, 3.63) is 16.0 Å². The molecule has 1 aliphatic carbocycles. The summed E-state index contributed by atoms with van der Waals surface area (Å²) in [4.78, 5) is 48.9. The van der Waals surface area contributed by atoms with Gasteiger partial charge in [0.05, 0.1) is 12.2 Å². The van der Waals surface area contributed by atoms with Gasteiger partial charge in [-0.1, -0.05) is 6.92 Å². The molecule has 2 heterocycles. The van der Waals surface area contributed by atoms with Gasteiger partial charge in [-0.05, 0) is 37.7 Å². The third-order valence-corrected chi connectivity index (χ3v) is 5.89. The summed E-state index contributed by atoms with van der Waals surface area (Å²) in [5.41, 5.74) is 3.60. The quantitative estimate of drug-likeness (QED) is 0.675. The zero-order chi connectivity index (χ0) is 21.0. The fourth-order valence-corrected chi connectivity index (χ4v) is 4.67. The maximum absolute atomic E-state index is 12.5. The van der Waals surface area contributed by atoms with Gasteiger partial charge in [0.1, 0.15) is 10.7 Å². The number of nitrogens with one attached hydrogen (secondary N) is 2. The Hall–Kier alpha value is -2.75. The van der Waals surface area contributed by atoms with Crippen LogP contribution in [0.4, 0.5) is 5.00 Å². The first kappa shape index (κ1) is 21.0. The van der Waals surface area contributed by atoms with Gasteiger partial charge in [-0.25, -0.2) is 15.0 Å². The Labute approximate surface area is 171 Å². The molecule has 2 N–H and O–H groups in total. The second-order valence-electron chi connectivity index (χ2n) is 6.99. The second kappa shape index (κ2) is 9.17. The molecule has 1 aromatic rings. The third-order valence-electron chi connectivity index (χ3n) is 4.72. The fraction of sp³-hybridized carbons (Fsp3) is 0.526. The summed E-state index contributed by atoms with van der Waals surface area (Å²) in [5, 5.41) is 6.73. The largest absolute Gasteiger partial charge is 0.462 e. The number of carbonyl (C=O) groups is 4. The van der Waals surface area contributed by atoms with E-state index in [0.717, 1.165) is 29.7 Å². The Kier molecular flexibility index (Phi) is 6.63. The number of esters is 2. The predicted molar refractivity (Wildman–Crippen MR) is 106 cm³/mol. The molecule has 0 aromatic carbocycles. The average Bonchev–Trinajstić information content (AvgIpc) is 3.03. The Morgan fingerprint density at radius 3 is 2.69 bits per heavy atom. The number of amides is 2. The minimum Gasteiger partial charge on any atom is -0.462 e. The summed E-state index contributed by atoms with van der Waals surface area (Å²) in [6.45, 7) is 3.60. The number of anilines is 1. The van der Waals surface area contributed by atoms with E-state index in [9.17, 15) is 19.2 Å². The Balaban J connectivity index is 1.67. The van der Waals surface area contributed by atoms with Gasteiger partial charge in [-0.15, -0.1) is 11.3 Å². The van der Waals surface area contributed by atoms with Crippen molar-refractivity contribution >= 4 is 45.8 Å². The van der Waals surface area contributed by atoms with Crippen molar-refractivity contribution in [2.45, 2.75) is 46.0 Å². The molecule has 0 unspecified atom stereocenters. The van der Waals surface area contributed by atoms with E-state index in [1.807, 2.05) is 0 Å². The number of rotatable bonds is 6. The van der Waals surface area contributed by atoms with E-state index in [2.05, 4.69) is 22.8 Å². The normalized spacial score (nSPS) is 18.2. The van der Waals surface area contributed by atoms with Crippen LogP contribution in [0.5, 0.6) is 0 Å². The standard InChI is InChI=1S/C19H23N3O6S/c1-3-27-19(26)16-11-5-4-10(2)8-13(11)29-17(16)20-15(24)9-28-18(25)12-6-7-14(23)22-21-12/h10H,3-9H2,1-2H3,(H,20,24)(H,22,23)/t10-/m0/s1. The van der Waals surface area contributed by atoms with Crippen LogP contribution in [0.15, 0.2) is 5.10 Å². The Morgan fingerprint density at radius 2 is 2.00 bits per heavy atom. The highest BCUT2D eigenvalue weighted by Crippen LogP contribution is 2.40. The molecule has 0 bridgehead atoms. The SMILES string of the molecule is CCOC(=O)c1c(NC(=O)COC(=O)C2=NNC(=O)CC2)sc2c1CC[C@H](C)C2. The number of ether oxygens (including phenoxy) is 2. The average molecular weight is 421 g/mol. The first-order valence-corrected chi connectivity index (χ1v) is 10.3. The van der Waals surface area contributed by atoms with Gasteiger partial charge < -0.3 is 14.8 Å². The molecule has 2 aliphatic rings. The van der Waals surface area contributed by atoms with Gasteiger partial charge in [0.2, 0.25) is 5.91 Å². The van der Waals surface area contributed by atoms with E-state index < -0.39 is 24.5 Å². The van der Waals surface area contributed by atoms with Gasteiger partial charge in [-0.3, -0.25) is 9.59 Å². The van der Waals surface area contributed by atoms with Crippen LogP contribution in [0.1, 0.15) is 53.9 Å². The molecule has 10 heteroatoms. The maximum atomic E-state index is 12.5. The number of nitrogens with zero attached hydrogens (tertiary/aromatic N) is 1. The molecule has 2 amide bonds. The lowest BCUT2D eigenvalue weighted by molar-refractivity contribution is -0.140. The van der Waals surface area contributed by atoms with E-state index in [1.54, 1.807) is 6.92 Å². The van der Waals surface area contributed by atoms with Crippen LogP contribution in [0.2, 0.25) is 0 Å². The van der Waals surface area contributed by atoms with Crippen molar-refractivity contribution in [1.82, 2.24) is 5.43 Å². The van der Waals surface area contributed by atoms with E-state index in [0.29, 0.717) is 16.5 Å². The van der Waals surface area contributed by atoms with Gasteiger partial charge >= 0.3 is 11.9 Å².